The Bertz CT molecular complexity index is 572. The number of amides is 2. The molecule has 2 rings (SSSR count). The summed E-state index contributed by atoms with van der Waals surface area (Å²) in [5.41, 5.74) is 0.682. The van der Waals surface area contributed by atoms with Crippen LogP contribution in [-0.2, 0) is 9.59 Å². The molecule has 0 spiro atoms. The van der Waals surface area contributed by atoms with Gasteiger partial charge in [-0.15, -0.1) is 0 Å². The maximum absolute atomic E-state index is 12.2. The molecule has 0 radical (unpaired) electrons. The second-order valence-corrected chi connectivity index (χ2v) is 7.01. The molecule has 0 saturated carbocycles. The van der Waals surface area contributed by atoms with Crippen LogP contribution < -0.4 is 15.4 Å². The summed E-state index contributed by atoms with van der Waals surface area (Å²) in [6, 6.07) is 7.38. The molecule has 1 heterocycles. The van der Waals surface area contributed by atoms with Gasteiger partial charge >= 0.3 is 0 Å². The van der Waals surface area contributed by atoms with Gasteiger partial charge in [0.15, 0.2) is 6.61 Å². The van der Waals surface area contributed by atoms with E-state index in [2.05, 4.69) is 10.6 Å². The summed E-state index contributed by atoms with van der Waals surface area (Å²) in [5.74, 6) is 2.58. The van der Waals surface area contributed by atoms with E-state index in [1.165, 1.54) is 0 Å². The molecule has 138 valence electrons. The molecule has 0 aliphatic carbocycles. The van der Waals surface area contributed by atoms with Crippen LogP contribution in [0.1, 0.15) is 20.3 Å². The minimum absolute atomic E-state index is 0.00228. The molecular weight excluding hydrogens is 338 g/mol. The lowest BCUT2D eigenvalue weighted by Gasteiger charge is -2.22. The maximum Gasteiger partial charge on any atom is 0.260 e. The van der Waals surface area contributed by atoms with E-state index in [9.17, 15) is 9.59 Å². The van der Waals surface area contributed by atoms with Crippen molar-refractivity contribution in [1.82, 2.24) is 10.2 Å². The molecule has 0 bridgehead atoms. The number of hydrogen-bond donors (Lipinski definition) is 2. The van der Waals surface area contributed by atoms with E-state index >= 15 is 0 Å². The molecule has 25 heavy (non-hydrogen) atoms. The summed E-state index contributed by atoms with van der Waals surface area (Å²) in [5, 5.41) is 6.25. The van der Waals surface area contributed by atoms with Crippen LogP contribution in [-0.4, -0.2) is 60.5 Å². The number of ether oxygens (including phenoxy) is 1. The Morgan fingerprint density at radius 2 is 2.16 bits per heavy atom. The van der Waals surface area contributed by atoms with Gasteiger partial charge in [0.25, 0.3) is 5.91 Å². The number of anilines is 1. The Hall–Kier alpha value is -1.73. The van der Waals surface area contributed by atoms with Crippen molar-refractivity contribution in [2.24, 2.45) is 0 Å². The van der Waals surface area contributed by atoms with E-state index in [0.717, 1.165) is 18.1 Å². The van der Waals surface area contributed by atoms with Crippen LogP contribution in [0.5, 0.6) is 5.75 Å². The van der Waals surface area contributed by atoms with Gasteiger partial charge in [-0.2, -0.15) is 11.8 Å². The van der Waals surface area contributed by atoms with Gasteiger partial charge in [0.1, 0.15) is 5.75 Å². The van der Waals surface area contributed by atoms with Crippen molar-refractivity contribution in [3.63, 3.8) is 0 Å². The Morgan fingerprint density at radius 1 is 1.36 bits per heavy atom. The fourth-order valence-corrected chi connectivity index (χ4v) is 3.61. The van der Waals surface area contributed by atoms with E-state index < -0.39 is 0 Å². The lowest BCUT2D eigenvalue weighted by atomic mass is 10.2. The van der Waals surface area contributed by atoms with Gasteiger partial charge in [-0.25, -0.2) is 0 Å². The standard InChI is InChI=1S/C18H27N3O3S/c1-3-21(4-2)18(23)12-24-16-7-5-6-14(10-16)20-17(22)11-15-13-25-9-8-19-15/h5-7,10,15,19H,3-4,8-9,11-13H2,1-2H3,(H,20,22). The number of thioether (sulfide) groups is 1. The highest BCUT2D eigenvalue weighted by Gasteiger charge is 2.17. The third kappa shape index (κ3) is 6.59. The number of nitrogens with one attached hydrogen (secondary N) is 2. The average Bonchev–Trinajstić information content (AvgIpc) is 2.62. The van der Waals surface area contributed by atoms with Gasteiger partial charge < -0.3 is 20.3 Å². The van der Waals surface area contributed by atoms with Crippen molar-refractivity contribution >= 4 is 29.3 Å². The molecule has 2 amide bonds. The first kappa shape index (κ1) is 19.6. The summed E-state index contributed by atoms with van der Waals surface area (Å²) >= 11 is 1.87. The van der Waals surface area contributed by atoms with Crippen LogP contribution in [0.2, 0.25) is 0 Å². The number of hydrogen-bond acceptors (Lipinski definition) is 5. The number of benzene rings is 1. The summed E-state index contributed by atoms with van der Waals surface area (Å²) in [4.78, 5) is 25.9. The summed E-state index contributed by atoms with van der Waals surface area (Å²) in [6.45, 7) is 6.17. The van der Waals surface area contributed by atoms with Crippen LogP contribution >= 0.6 is 11.8 Å². The fourth-order valence-electron chi connectivity index (χ4n) is 2.66. The third-order valence-electron chi connectivity index (χ3n) is 4.03. The molecule has 1 aliphatic rings. The highest BCUT2D eigenvalue weighted by Crippen LogP contribution is 2.18. The summed E-state index contributed by atoms with van der Waals surface area (Å²) < 4.78 is 5.57. The van der Waals surface area contributed by atoms with E-state index in [-0.39, 0.29) is 24.5 Å². The highest BCUT2D eigenvalue weighted by atomic mass is 32.2. The normalized spacial score (nSPS) is 17.0. The zero-order chi connectivity index (χ0) is 18.1. The van der Waals surface area contributed by atoms with Crippen LogP contribution in [0, 0.1) is 0 Å². The van der Waals surface area contributed by atoms with E-state index in [1.807, 2.05) is 37.7 Å². The maximum atomic E-state index is 12.2. The third-order valence-corrected chi connectivity index (χ3v) is 5.16. The monoisotopic (exact) mass is 365 g/mol. The molecule has 7 heteroatoms. The summed E-state index contributed by atoms with van der Waals surface area (Å²) in [7, 11) is 0. The number of rotatable bonds is 8. The zero-order valence-electron chi connectivity index (χ0n) is 14.9. The van der Waals surface area contributed by atoms with Crippen molar-refractivity contribution in [3.8, 4) is 5.75 Å². The topological polar surface area (TPSA) is 70.7 Å². The summed E-state index contributed by atoms with van der Waals surface area (Å²) in [6.07, 6.45) is 0.457. The first-order valence-corrected chi connectivity index (χ1v) is 9.89. The van der Waals surface area contributed by atoms with Gasteiger partial charge in [-0.1, -0.05) is 6.07 Å². The van der Waals surface area contributed by atoms with Crippen LogP contribution in [0.3, 0.4) is 0 Å². The second-order valence-electron chi connectivity index (χ2n) is 5.86. The zero-order valence-corrected chi connectivity index (χ0v) is 15.7. The Labute approximate surface area is 153 Å². The van der Waals surface area contributed by atoms with Crippen molar-refractivity contribution in [3.05, 3.63) is 24.3 Å². The molecule has 1 fully saturated rings. The first-order valence-electron chi connectivity index (χ1n) is 8.74. The van der Waals surface area contributed by atoms with Crippen LogP contribution in [0.4, 0.5) is 5.69 Å². The number of carbonyl (C=O) groups is 2. The SMILES string of the molecule is CCN(CC)C(=O)COc1cccc(NC(=O)CC2CSCCN2)c1. The highest BCUT2D eigenvalue weighted by molar-refractivity contribution is 7.99. The molecule has 1 unspecified atom stereocenters. The van der Waals surface area contributed by atoms with Crippen LogP contribution in [0.25, 0.3) is 0 Å². The molecule has 6 nitrogen and oxygen atoms in total. The van der Waals surface area contributed by atoms with Crippen molar-refractivity contribution in [2.75, 3.05) is 43.1 Å². The van der Waals surface area contributed by atoms with Crippen molar-refractivity contribution < 1.29 is 14.3 Å². The minimum Gasteiger partial charge on any atom is -0.484 e. The molecule has 1 aliphatic heterocycles. The van der Waals surface area contributed by atoms with Crippen LogP contribution in [0.15, 0.2) is 24.3 Å². The smallest absolute Gasteiger partial charge is 0.260 e. The molecule has 1 atom stereocenters. The molecule has 1 aromatic rings. The molecule has 0 aromatic heterocycles. The fraction of sp³-hybridized carbons (Fsp3) is 0.556. The Balaban J connectivity index is 1.83. The largest absolute Gasteiger partial charge is 0.484 e. The predicted octanol–water partition coefficient (Wildman–Crippen LogP) is 1.97. The average molecular weight is 365 g/mol. The van der Waals surface area contributed by atoms with E-state index in [4.69, 9.17) is 4.74 Å². The van der Waals surface area contributed by atoms with Gasteiger partial charge in [0.05, 0.1) is 0 Å². The van der Waals surface area contributed by atoms with E-state index in [0.29, 0.717) is 30.9 Å². The molecule has 1 aromatic carbocycles. The van der Waals surface area contributed by atoms with Gasteiger partial charge in [-0.05, 0) is 26.0 Å². The number of carbonyl (C=O) groups excluding carboxylic acids is 2. The lowest BCUT2D eigenvalue weighted by molar-refractivity contribution is -0.133. The Morgan fingerprint density at radius 3 is 2.84 bits per heavy atom. The van der Waals surface area contributed by atoms with Gasteiger partial charge in [0.2, 0.25) is 5.91 Å². The minimum atomic E-state index is -0.0414. The number of nitrogens with zero attached hydrogens (tertiary/aromatic N) is 1. The predicted molar refractivity (Wildman–Crippen MR) is 102 cm³/mol. The van der Waals surface area contributed by atoms with E-state index in [1.54, 1.807) is 17.0 Å². The second kappa shape index (κ2) is 10.3. The molecular formula is C18H27N3O3S. The van der Waals surface area contributed by atoms with Crippen molar-refractivity contribution in [2.45, 2.75) is 26.3 Å². The Kier molecular flexibility index (Phi) is 8.08. The van der Waals surface area contributed by atoms with Crippen molar-refractivity contribution in [1.29, 1.82) is 0 Å². The molecule has 2 N–H and O–H groups in total. The van der Waals surface area contributed by atoms with Gasteiger partial charge in [0, 0.05) is 55.4 Å². The number of likely N-dealkylation sites (N-methyl/N-ethyl adjacent to an activating group) is 1. The molecule has 1 saturated heterocycles. The van der Waals surface area contributed by atoms with Gasteiger partial charge in [-0.3, -0.25) is 9.59 Å². The quantitative estimate of drug-likeness (QED) is 0.737. The lowest BCUT2D eigenvalue weighted by Crippen LogP contribution is -2.39. The first-order chi connectivity index (χ1) is 12.1.